The number of halogens is 1. The van der Waals surface area contributed by atoms with Crippen LogP contribution in [0.3, 0.4) is 0 Å². The number of carbonyl (C=O) groups is 1. The fraction of sp³-hybridized carbons (Fsp3) is 0.273. The summed E-state index contributed by atoms with van der Waals surface area (Å²) in [5, 5.41) is 2.77. The van der Waals surface area contributed by atoms with Crippen LogP contribution in [0.15, 0.2) is 24.3 Å². The molecule has 92 valence electrons. The summed E-state index contributed by atoms with van der Waals surface area (Å²) in [6.07, 6.45) is 0.278. The smallest absolute Gasteiger partial charge is 0.306 e. The Morgan fingerprint density at radius 1 is 1.53 bits per heavy atom. The van der Waals surface area contributed by atoms with Crippen molar-refractivity contribution in [2.24, 2.45) is 0 Å². The lowest BCUT2D eigenvalue weighted by molar-refractivity contribution is -0.140. The third kappa shape index (κ3) is 5.14. The lowest BCUT2D eigenvalue weighted by atomic mass is 10.3. The summed E-state index contributed by atoms with van der Waals surface area (Å²) in [5.41, 5.74) is 0.336. The first-order valence-corrected chi connectivity index (χ1v) is 6.28. The van der Waals surface area contributed by atoms with Gasteiger partial charge in [0.2, 0.25) is 0 Å². The number of hydrogen-bond acceptors (Lipinski definition) is 4. The molecule has 0 aromatic heterocycles. The van der Waals surface area contributed by atoms with Crippen molar-refractivity contribution in [2.75, 3.05) is 18.2 Å². The molecule has 0 heterocycles. The number of rotatable bonds is 4. The van der Waals surface area contributed by atoms with E-state index in [0.717, 1.165) is 0 Å². The van der Waals surface area contributed by atoms with Crippen molar-refractivity contribution in [3.8, 4) is 0 Å². The molecule has 17 heavy (non-hydrogen) atoms. The van der Waals surface area contributed by atoms with Gasteiger partial charge in [0.25, 0.3) is 0 Å². The van der Waals surface area contributed by atoms with Gasteiger partial charge in [-0.15, -0.1) is 0 Å². The zero-order valence-electron chi connectivity index (χ0n) is 9.23. The molecule has 1 aromatic rings. The van der Waals surface area contributed by atoms with Crippen molar-refractivity contribution in [1.29, 1.82) is 0 Å². The van der Waals surface area contributed by atoms with Gasteiger partial charge in [0, 0.05) is 5.75 Å². The Balaban J connectivity index is 2.35. The van der Waals surface area contributed by atoms with E-state index in [1.165, 1.54) is 24.9 Å². The van der Waals surface area contributed by atoms with Gasteiger partial charge in [-0.25, -0.2) is 4.39 Å². The van der Waals surface area contributed by atoms with Crippen molar-refractivity contribution in [1.82, 2.24) is 0 Å². The molecule has 0 saturated carbocycles. The first-order chi connectivity index (χ1) is 8.13. The zero-order chi connectivity index (χ0) is 12.7. The number of ether oxygens (including phenoxy) is 1. The van der Waals surface area contributed by atoms with Crippen LogP contribution in [0, 0.1) is 5.82 Å². The molecule has 0 spiro atoms. The molecule has 0 aliphatic rings. The summed E-state index contributed by atoms with van der Waals surface area (Å²) in [4.78, 5) is 10.8. The Morgan fingerprint density at radius 2 is 2.24 bits per heavy atom. The van der Waals surface area contributed by atoms with E-state index in [4.69, 9.17) is 12.2 Å². The van der Waals surface area contributed by atoms with Gasteiger partial charge in [-0.3, -0.25) is 4.79 Å². The number of carbonyl (C=O) groups excluding carboxylic acids is 1. The Labute approximate surface area is 109 Å². The molecule has 0 aliphatic heterocycles. The van der Waals surface area contributed by atoms with Crippen molar-refractivity contribution in [3.05, 3.63) is 30.1 Å². The van der Waals surface area contributed by atoms with Crippen LogP contribution in [-0.4, -0.2) is 23.2 Å². The van der Waals surface area contributed by atoms with Gasteiger partial charge in [-0.2, -0.15) is 0 Å². The fourth-order valence-corrected chi connectivity index (χ4v) is 2.03. The van der Waals surface area contributed by atoms with E-state index in [1.807, 2.05) is 0 Å². The topological polar surface area (TPSA) is 38.3 Å². The molecule has 0 fully saturated rings. The summed E-state index contributed by atoms with van der Waals surface area (Å²) in [6.45, 7) is 0. The number of benzene rings is 1. The molecule has 1 N–H and O–H groups in total. The number of hydrogen-bond donors (Lipinski definition) is 1. The van der Waals surface area contributed by atoms with Crippen molar-refractivity contribution in [3.63, 3.8) is 0 Å². The molecule has 0 unspecified atom stereocenters. The van der Waals surface area contributed by atoms with E-state index < -0.39 is 0 Å². The Kier molecular flexibility index (Phi) is 5.93. The van der Waals surface area contributed by atoms with Gasteiger partial charge in [-0.1, -0.05) is 36.1 Å². The Hall–Kier alpha value is -1.14. The predicted molar refractivity (Wildman–Crippen MR) is 71.7 cm³/mol. The van der Waals surface area contributed by atoms with E-state index in [2.05, 4.69) is 10.1 Å². The predicted octanol–water partition coefficient (Wildman–Crippen LogP) is 2.82. The molecule has 0 radical (unpaired) electrons. The number of thiocarbonyl (C=S) groups is 1. The minimum Gasteiger partial charge on any atom is -0.469 e. The molecular weight excluding hydrogens is 261 g/mol. The largest absolute Gasteiger partial charge is 0.469 e. The molecule has 0 saturated heterocycles. The van der Waals surface area contributed by atoms with Crippen LogP contribution in [0.5, 0.6) is 0 Å². The van der Waals surface area contributed by atoms with E-state index in [0.29, 0.717) is 15.8 Å². The van der Waals surface area contributed by atoms with Crippen molar-refractivity contribution >= 4 is 40.0 Å². The van der Waals surface area contributed by atoms with E-state index in [-0.39, 0.29) is 18.2 Å². The number of thioether (sulfide) groups is 1. The SMILES string of the molecule is COC(=O)CCSC(=S)Nc1ccccc1F. The highest BCUT2D eigenvalue weighted by Crippen LogP contribution is 2.16. The summed E-state index contributed by atoms with van der Waals surface area (Å²) in [5.74, 6) is -0.137. The maximum atomic E-state index is 13.2. The summed E-state index contributed by atoms with van der Waals surface area (Å²) >= 11 is 6.29. The molecule has 6 heteroatoms. The van der Waals surface area contributed by atoms with Crippen molar-refractivity contribution < 1.29 is 13.9 Å². The van der Waals surface area contributed by atoms with Crippen LogP contribution in [0.1, 0.15) is 6.42 Å². The lowest BCUT2D eigenvalue weighted by Gasteiger charge is -2.07. The van der Waals surface area contributed by atoms with E-state index >= 15 is 0 Å². The van der Waals surface area contributed by atoms with Gasteiger partial charge >= 0.3 is 5.97 Å². The van der Waals surface area contributed by atoms with E-state index in [9.17, 15) is 9.18 Å². The maximum Gasteiger partial charge on any atom is 0.306 e. The van der Waals surface area contributed by atoms with Crippen LogP contribution < -0.4 is 5.32 Å². The minimum atomic E-state index is -0.358. The monoisotopic (exact) mass is 273 g/mol. The number of methoxy groups -OCH3 is 1. The Bertz CT molecular complexity index is 412. The fourth-order valence-electron chi connectivity index (χ4n) is 1.04. The molecular formula is C11H12FNO2S2. The normalized spacial score (nSPS) is 9.76. The molecule has 0 bridgehead atoms. The second-order valence-corrected chi connectivity index (χ2v) is 4.84. The van der Waals surface area contributed by atoms with Crippen LogP contribution in [0.25, 0.3) is 0 Å². The van der Waals surface area contributed by atoms with Gasteiger partial charge in [0.1, 0.15) is 10.1 Å². The van der Waals surface area contributed by atoms with Crippen LogP contribution >= 0.6 is 24.0 Å². The third-order valence-corrected chi connectivity index (χ3v) is 3.11. The highest BCUT2D eigenvalue weighted by Gasteiger charge is 2.05. The molecule has 0 amide bonds. The minimum absolute atomic E-state index is 0.278. The molecule has 0 aliphatic carbocycles. The van der Waals surface area contributed by atoms with Gasteiger partial charge in [-0.05, 0) is 12.1 Å². The Morgan fingerprint density at radius 3 is 2.88 bits per heavy atom. The molecule has 1 aromatic carbocycles. The summed E-state index contributed by atoms with van der Waals surface area (Å²) in [7, 11) is 1.34. The average molecular weight is 273 g/mol. The van der Waals surface area contributed by atoms with Crippen LogP contribution in [0.2, 0.25) is 0 Å². The first kappa shape index (κ1) is 13.9. The van der Waals surface area contributed by atoms with Gasteiger partial charge in [0.05, 0.1) is 19.2 Å². The number of esters is 1. The second-order valence-electron chi connectivity index (χ2n) is 3.07. The maximum absolute atomic E-state index is 13.2. The second kappa shape index (κ2) is 7.24. The molecule has 1 rings (SSSR count). The highest BCUT2D eigenvalue weighted by molar-refractivity contribution is 8.23. The first-order valence-electron chi connectivity index (χ1n) is 4.88. The lowest BCUT2D eigenvalue weighted by Crippen LogP contribution is -2.08. The van der Waals surface area contributed by atoms with Gasteiger partial charge < -0.3 is 10.1 Å². The summed E-state index contributed by atoms with van der Waals surface area (Å²) < 4.78 is 18.2. The average Bonchev–Trinajstić information content (AvgIpc) is 2.32. The zero-order valence-corrected chi connectivity index (χ0v) is 10.9. The number of para-hydroxylation sites is 1. The molecule has 3 nitrogen and oxygen atoms in total. The summed E-state index contributed by atoms with van der Waals surface area (Å²) in [6, 6.07) is 6.27. The van der Waals surface area contributed by atoms with Crippen LogP contribution in [-0.2, 0) is 9.53 Å². The number of nitrogens with one attached hydrogen (secondary N) is 1. The van der Waals surface area contributed by atoms with Crippen LogP contribution in [0.4, 0.5) is 10.1 Å². The molecule has 0 atom stereocenters. The van der Waals surface area contributed by atoms with Crippen molar-refractivity contribution in [2.45, 2.75) is 6.42 Å². The highest BCUT2D eigenvalue weighted by atomic mass is 32.2. The standard InChI is InChI=1S/C11H12FNO2S2/c1-15-10(14)6-7-17-11(16)13-9-5-3-2-4-8(9)12/h2-5H,6-7H2,1H3,(H,13,16). The third-order valence-electron chi connectivity index (χ3n) is 1.88. The van der Waals surface area contributed by atoms with E-state index in [1.54, 1.807) is 18.2 Å². The quantitative estimate of drug-likeness (QED) is 0.674. The van der Waals surface area contributed by atoms with Gasteiger partial charge in [0.15, 0.2) is 0 Å². The number of anilines is 1.